The Labute approximate surface area is 158 Å². The Kier molecular flexibility index (Phi) is 4.93. The van der Waals surface area contributed by atoms with Crippen molar-refractivity contribution in [3.63, 3.8) is 0 Å². The van der Waals surface area contributed by atoms with Gasteiger partial charge in [-0.15, -0.1) is 0 Å². The summed E-state index contributed by atoms with van der Waals surface area (Å²) in [5.74, 6) is -0.345. The molecule has 0 bridgehead atoms. The van der Waals surface area contributed by atoms with E-state index in [0.29, 0.717) is 25.2 Å². The summed E-state index contributed by atoms with van der Waals surface area (Å²) in [6, 6.07) is 12.2. The van der Waals surface area contributed by atoms with Gasteiger partial charge in [-0.05, 0) is 43.5 Å². The van der Waals surface area contributed by atoms with Crippen molar-refractivity contribution < 1.29 is 14.3 Å². The van der Waals surface area contributed by atoms with E-state index in [9.17, 15) is 14.3 Å². The van der Waals surface area contributed by atoms with Crippen LogP contribution in [0.1, 0.15) is 36.6 Å². The lowest BCUT2D eigenvalue weighted by Gasteiger charge is -2.47. The molecule has 2 aliphatic rings. The molecular weight excluding hydrogens is 345 g/mol. The zero-order chi connectivity index (χ0) is 18.9. The number of hydrogen-bond acceptors (Lipinski definition) is 4. The lowest BCUT2D eigenvalue weighted by molar-refractivity contribution is -0.145. The van der Waals surface area contributed by atoms with E-state index in [2.05, 4.69) is 15.2 Å². The van der Waals surface area contributed by atoms with E-state index in [0.717, 1.165) is 24.9 Å². The molecule has 0 aliphatic carbocycles. The summed E-state index contributed by atoms with van der Waals surface area (Å²) >= 11 is 0. The van der Waals surface area contributed by atoms with Gasteiger partial charge in [0.25, 0.3) is 0 Å². The van der Waals surface area contributed by atoms with Gasteiger partial charge in [0.05, 0.1) is 23.3 Å². The van der Waals surface area contributed by atoms with E-state index in [1.807, 2.05) is 30.3 Å². The average molecular weight is 369 g/mol. The van der Waals surface area contributed by atoms with E-state index in [4.69, 9.17) is 0 Å². The number of amides is 1. The van der Waals surface area contributed by atoms with Crippen LogP contribution >= 0.6 is 0 Å². The highest BCUT2D eigenvalue weighted by atomic mass is 19.1. The van der Waals surface area contributed by atoms with Crippen LogP contribution in [-0.4, -0.2) is 40.1 Å². The third kappa shape index (κ3) is 3.59. The second-order valence-corrected chi connectivity index (χ2v) is 7.66. The lowest BCUT2D eigenvalue weighted by Crippen LogP contribution is -2.59. The molecule has 27 heavy (non-hydrogen) atoms. The standard InChI is InChI=1S/C21H24FN3O2/c22-16-8-4-10-23-17(16)13-25-11-5-9-21(14-25)12-18(26)19(24-20(21)27)15-6-2-1-3-7-15/h1-4,6-8,10,18-19,26H,5,9,11-14H2,(H,24,27)/t18-,19+,21+/m1/s1. The number of aliphatic hydroxyl groups is 1. The molecule has 3 atom stereocenters. The highest BCUT2D eigenvalue weighted by Gasteiger charge is 2.49. The number of aliphatic hydroxyl groups excluding tert-OH is 1. The molecule has 1 spiro atoms. The highest BCUT2D eigenvalue weighted by Crippen LogP contribution is 2.41. The molecule has 5 nitrogen and oxygen atoms in total. The summed E-state index contributed by atoms with van der Waals surface area (Å²) in [5, 5.41) is 13.8. The van der Waals surface area contributed by atoms with Crippen LogP contribution in [0.15, 0.2) is 48.7 Å². The molecule has 6 heteroatoms. The van der Waals surface area contributed by atoms with E-state index in [1.54, 1.807) is 12.3 Å². The monoisotopic (exact) mass is 369 g/mol. The summed E-state index contributed by atoms with van der Waals surface area (Å²) < 4.78 is 13.9. The van der Waals surface area contributed by atoms with Crippen LogP contribution in [0.2, 0.25) is 0 Å². The molecule has 2 N–H and O–H groups in total. The number of benzene rings is 1. The number of pyridine rings is 1. The van der Waals surface area contributed by atoms with Crippen molar-refractivity contribution in [3.05, 3.63) is 65.7 Å². The van der Waals surface area contributed by atoms with Crippen molar-refractivity contribution in [2.75, 3.05) is 13.1 Å². The largest absolute Gasteiger partial charge is 0.391 e. The molecule has 2 aliphatic heterocycles. The van der Waals surface area contributed by atoms with Gasteiger partial charge in [-0.1, -0.05) is 30.3 Å². The zero-order valence-corrected chi connectivity index (χ0v) is 15.1. The van der Waals surface area contributed by atoms with Gasteiger partial charge in [0, 0.05) is 19.3 Å². The van der Waals surface area contributed by atoms with Crippen molar-refractivity contribution in [2.45, 2.75) is 38.0 Å². The van der Waals surface area contributed by atoms with Crippen molar-refractivity contribution in [3.8, 4) is 0 Å². The quantitative estimate of drug-likeness (QED) is 0.872. The molecule has 142 valence electrons. The maximum atomic E-state index is 13.9. The molecule has 2 aromatic rings. The number of rotatable bonds is 3. The zero-order valence-electron chi connectivity index (χ0n) is 15.1. The molecule has 4 rings (SSSR count). The van der Waals surface area contributed by atoms with Crippen molar-refractivity contribution in [2.24, 2.45) is 5.41 Å². The van der Waals surface area contributed by atoms with Crippen LogP contribution in [-0.2, 0) is 11.3 Å². The van der Waals surface area contributed by atoms with Gasteiger partial charge in [0.2, 0.25) is 5.91 Å². The fraction of sp³-hybridized carbons (Fsp3) is 0.429. The summed E-state index contributed by atoms with van der Waals surface area (Å²) in [7, 11) is 0. The van der Waals surface area contributed by atoms with Gasteiger partial charge in [-0.25, -0.2) is 4.39 Å². The molecule has 0 saturated carbocycles. The first-order valence-electron chi connectivity index (χ1n) is 9.43. The van der Waals surface area contributed by atoms with Crippen LogP contribution in [0.5, 0.6) is 0 Å². The molecule has 1 amide bonds. The molecule has 1 aromatic heterocycles. The third-order valence-electron chi connectivity index (χ3n) is 5.78. The van der Waals surface area contributed by atoms with Gasteiger partial charge in [-0.2, -0.15) is 0 Å². The number of carbonyl (C=O) groups is 1. The highest BCUT2D eigenvalue weighted by molar-refractivity contribution is 5.84. The van der Waals surface area contributed by atoms with Gasteiger partial charge < -0.3 is 10.4 Å². The second-order valence-electron chi connectivity index (χ2n) is 7.66. The fourth-order valence-electron chi connectivity index (χ4n) is 4.43. The number of likely N-dealkylation sites (tertiary alicyclic amines) is 1. The van der Waals surface area contributed by atoms with E-state index in [-0.39, 0.29) is 17.8 Å². The van der Waals surface area contributed by atoms with Crippen LogP contribution < -0.4 is 5.32 Å². The second kappa shape index (κ2) is 7.37. The number of nitrogens with one attached hydrogen (secondary N) is 1. The molecule has 0 radical (unpaired) electrons. The van der Waals surface area contributed by atoms with Gasteiger partial charge in [0.15, 0.2) is 0 Å². The SMILES string of the molecule is O=C1N[C@@H](c2ccccc2)[C@H](O)C[C@]12CCCN(Cc1ncccc1F)C2. The first kappa shape index (κ1) is 18.1. The molecular formula is C21H24FN3O2. The predicted octanol–water partition coefficient (Wildman–Crippen LogP) is 2.43. The first-order chi connectivity index (χ1) is 13.1. The molecule has 2 fully saturated rings. The number of halogens is 1. The van der Waals surface area contributed by atoms with Crippen LogP contribution in [0.25, 0.3) is 0 Å². The van der Waals surface area contributed by atoms with E-state index < -0.39 is 11.5 Å². The minimum atomic E-state index is -0.642. The van der Waals surface area contributed by atoms with Crippen LogP contribution in [0, 0.1) is 11.2 Å². The molecule has 0 unspecified atom stereocenters. The van der Waals surface area contributed by atoms with Crippen LogP contribution in [0.3, 0.4) is 0 Å². The Bertz CT molecular complexity index is 816. The number of nitrogens with zero attached hydrogens (tertiary/aromatic N) is 2. The van der Waals surface area contributed by atoms with E-state index in [1.165, 1.54) is 6.07 Å². The van der Waals surface area contributed by atoms with Gasteiger partial charge in [-0.3, -0.25) is 14.7 Å². The topological polar surface area (TPSA) is 65.5 Å². The van der Waals surface area contributed by atoms with E-state index >= 15 is 0 Å². The first-order valence-corrected chi connectivity index (χ1v) is 9.43. The molecule has 2 saturated heterocycles. The number of carbonyl (C=O) groups excluding carboxylic acids is 1. The predicted molar refractivity (Wildman–Crippen MR) is 99.1 cm³/mol. The van der Waals surface area contributed by atoms with Crippen molar-refractivity contribution in [1.82, 2.24) is 15.2 Å². The number of aromatic nitrogens is 1. The summed E-state index contributed by atoms with van der Waals surface area (Å²) in [4.78, 5) is 19.2. The third-order valence-corrected chi connectivity index (χ3v) is 5.78. The minimum Gasteiger partial charge on any atom is -0.391 e. The smallest absolute Gasteiger partial charge is 0.228 e. The number of hydrogen-bond donors (Lipinski definition) is 2. The summed E-state index contributed by atoms with van der Waals surface area (Å²) in [6.45, 7) is 1.68. The minimum absolute atomic E-state index is 0.0205. The van der Waals surface area contributed by atoms with Crippen LogP contribution in [0.4, 0.5) is 4.39 Å². The lowest BCUT2D eigenvalue weighted by atomic mass is 9.70. The Morgan fingerprint density at radius 1 is 1.26 bits per heavy atom. The van der Waals surface area contributed by atoms with Gasteiger partial charge in [0.1, 0.15) is 5.82 Å². The van der Waals surface area contributed by atoms with Crippen molar-refractivity contribution >= 4 is 5.91 Å². The number of piperidine rings is 2. The Morgan fingerprint density at radius 3 is 2.85 bits per heavy atom. The maximum Gasteiger partial charge on any atom is 0.228 e. The average Bonchev–Trinajstić information content (AvgIpc) is 2.68. The summed E-state index contributed by atoms with van der Waals surface area (Å²) in [5.41, 5.74) is 0.679. The Hall–Kier alpha value is -2.31. The molecule has 1 aromatic carbocycles. The normalized spacial score (nSPS) is 28.9. The van der Waals surface area contributed by atoms with Crippen molar-refractivity contribution in [1.29, 1.82) is 0 Å². The Morgan fingerprint density at radius 2 is 2.07 bits per heavy atom. The summed E-state index contributed by atoms with van der Waals surface area (Å²) in [6.07, 6.45) is 2.93. The fourth-order valence-corrected chi connectivity index (χ4v) is 4.43. The van der Waals surface area contributed by atoms with Gasteiger partial charge >= 0.3 is 0 Å². The molecule has 3 heterocycles. The Balaban J connectivity index is 1.50. The maximum absolute atomic E-state index is 13.9.